The number of fused-ring (bicyclic) bond motifs is 1. The number of hydrogen-bond acceptors (Lipinski definition) is 5. The first-order valence-electron chi connectivity index (χ1n) is 9.06. The fourth-order valence-electron chi connectivity index (χ4n) is 3.38. The van der Waals surface area contributed by atoms with Gasteiger partial charge in [0.05, 0.1) is 21.1 Å². The summed E-state index contributed by atoms with van der Waals surface area (Å²) in [6.07, 6.45) is 1.53. The number of sulfone groups is 1. The zero-order valence-corrected chi connectivity index (χ0v) is 17.6. The lowest BCUT2D eigenvalue weighted by Gasteiger charge is -2.18. The minimum Gasteiger partial charge on any atom is -0.310 e. The van der Waals surface area contributed by atoms with Crippen molar-refractivity contribution in [2.45, 2.75) is 16.9 Å². The van der Waals surface area contributed by atoms with Crippen LogP contribution in [0, 0.1) is 0 Å². The fraction of sp³-hybridized carbons (Fsp3) is 0.150. The number of imide groups is 1. The number of anilines is 1. The number of carbonyl (C=O) groups is 2. The lowest BCUT2D eigenvalue weighted by molar-refractivity contribution is -0.116. The third-order valence-electron chi connectivity index (χ3n) is 4.92. The highest BCUT2D eigenvalue weighted by Crippen LogP contribution is 2.32. The molecule has 0 bridgehead atoms. The molecule has 0 spiro atoms. The molecule has 1 fully saturated rings. The monoisotopic (exact) mass is 483 g/mol. The molecule has 2 heterocycles. The van der Waals surface area contributed by atoms with Gasteiger partial charge < -0.3 is 4.90 Å². The summed E-state index contributed by atoms with van der Waals surface area (Å²) in [6, 6.07) is 9.58. The van der Waals surface area contributed by atoms with E-state index in [0.717, 1.165) is 17.0 Å². The van der Waals surface area contributed by atoms with E-state index in [1.165, 1.54) is 11.1 Å². The van der Waals surface area contributed by atoms with E-state index in [2.05, 4.69) is 4.98 Å². The van der Waals surface area contributed by atoms with E-state index in [0.29, 0.717) is 33.6 Å². The van der Waals surface area contributed by atoms with E-state index in [-0.39, 0.29) is 18.8 Å². The maximum absolute atomic E-state index is 12.9. The van der Waals surface area contributed by atoms with Gasteiger partial charge in [-0.2, -0.15) is 13.2 Å². The van der Waals surface area contributed by atoms with Gasteiger partial charge in [-0.1, -0.05) is 23.7 Å². The Morgan fingerprint density at radius 2 is 1.72 bits per heavy atom. The van der Waals surface area contributed by atoms with Crippen LogP contribution in [0.15, 0.2) is 59.6 Å². The van der Waals surface area contributed by atoms with Gasteiger partial charge in [0.15, 0.2) is 0 Å². The number of nitrogens with zero attached hydrogens (tertiary/aromatic N) is 3. The van der Waals surface area contributed by atoms with Gasteiger partial charge in [0.1, 0.15) is 6.54 Å². The number of benzene rings is 2. The van der Waals surface area contributed by atoms with Gasteiger partial charge in [-0.25, -0.2) is 18.1 Å². The quantitative estimate of drug-likeness (QED) is 0.520. The number of pyridine rings is 1. The third-order valence-corrected chi connectivity index (χ3v) is 6.73. The molecule has 2 aromatic carbocycles. The Balaban J connectivity index is 1.60. The lowest BCUT2D eigenvalue weighted by Crippen LogP contribution is -2.33. The van der Waals surface area contributed by atoms with Crippen LogP contribution in [0.2, 0.25) is 5.02 Å². The number of amides is 3. The number of carbonyl (C=O) groups excluding carboxylic acids is 2. The van der Waals surface area contributed by atoms with Gasteiger partial charge in [0, 0.05) is 18.1 Å². The van der Waals surface area contributed by atoms with Gasteiger partial charge >= 0.3 is 11.5 Å². The summed E-state index contributed by atoms with van der Waals surface area (Å²) in [6.45, 7) is -0.188. The average molecular weight is 484 g/mol. The maximum atomic E-state index is 12.9. The molecule has 0 N–H and O–H groups in total. The van der Waals surface area contributed by atoms with E-state index >= 15 is 0 Å². The molecule has 7 nitrogen and oxygen atoms in total. The fourth-order valence-corrected chi connectivity index (χ4v) is 4.36. The van der Waals surface area contributed by atoms with E-state index in [1.807, 2.05) is 0 Å². The van der Waals surface area contributed by atoms with Gasteiger partial charge in [0.2, 0.25) is 0 Å². The summed E-state index contributed by atoms with van der Waals surface area (Å²) in [7, 11) is -5.54. The molecule has 0 saturated carbocycles. The molecule has 0 unspecified atom stereocenters. The summed E-state index contributed by atoms with van der Waals surface area (Å²) in [5, 5.41) is 1.14. The van der Waals surface area contributed by atoms with Crippen LogP contribution in [-0.4, -0.2) is 42.3 Å². The van der Waals surface area contributed by atoms with Crippen molar-refractivity contribution in [2.75, 3.05) is 11.4 Å². The van der Waals surface area contributed by atoms with Crippen LogP contribution in [0.4, 0.5) is 23.7 Å². The van der Waals surface area contributed by atoms with Crippen LogP contribution in [0.1, 0.15) is 5.56 Å². The summed E-state index contributed by atoms with van der Waals surface area (Å²) in [4.78, 5) is 30.6. The molecule has 1 saturated heterocycles. The van der Waals surface area contributed by atoms with Crippen molar-refractivity contribution in [3.05, 3.63) is 65.3 Å². The number of para-hydroxylation sites is 1. The van der Waals surface area contributed by atoms with E-state index in [9.17, 15) is 31.2 Å². The van der Waals surface area contributed by atoms with Crippen molar-refractivity contribution in [1.82, 2.24) is 9.88 Å². The first kappa shape index (κ1) is 22.0. The van der Waals surface area contributed by atoms with Crippen molar-refractivity contribution in [3.63, 3.8) is 0 Å². The Bertz CT molecular complexity index is 1340. The van der Waals surface area contributed by atoms with E-state index in [4.69, 9.17) is 11.6 Å². The average Bonchev–Trinajstić information content (AvgIpc) is 3.01. The van der Waals surface area contributed by atoms with Crippen LogP contribution >= 0.6 is 11.6 Å². The Morgan fingerprint density at radius 1 is 1.03 bits per heavy atom. The lowest BCUT2D eigenvalue weighted by atomic mass is 10.1. The molecular formula is C20H13ClF3N3O4S. The number of alkyl halides is 3. The third kappa shape index (κ3) is 3.67. The maximum Gasteiger partial charge on any atom is 0.501 e. The van der Waals surface area contributed by atoms with Crippen LogP contribution in [0.5, 0.6) is 0 Å². The topological polar surface area (TPSA) is 87.7 Å². The number of urea groups is 1. The smallest absolute Gasteiger partial charge is 0.310 e. The summed E-state index contributed by atoms with van der Waals surface area (Å²) >= 11 is 6.16. The zero-order chi connectivity index (χ0) is 23.3. The Kier molecular flexibility index (Phi) is 5.33. The van der Waals surface area contributed by atoms with Crippen molar-refractivity contribution < 1.29 is 31.2 Å². The van der Waals surface area contributed by atoms with E-state index in [1.54, 1.807) is 24.3 Å². The molecule has 3 amide bonds. The molecule has 1 aromatic heterocycles. The standard InChI is InChI=1S/C20H13ClF3N3O4S/c21-16-3-1-2-15-12(8-9-25-18(15)16)10-26-11-17(28)27(19(26)29)13-4-6-14(7-5-13)32(30,31)20(22,23)24/h1-9H,10-11H2. The molecule has 166 valence electrons. The van der Waals surface area contributed by atoms with Crippen LogP contribution in [-0.2, 0) is 21.2 Å². The molecule has 0 radical (unpaired) electrons. The van der Waals surface area contributed by atoms with Gasteiger partial charge in [0.25, 0.3) is 15.7 Å². The zero-order valence-electron chi connectivity index (χ0n) is 16.0. The second kappa shape index (κ2) is 7.75. The molecule has 12 heteroatoms. The van der Waals surface area contributed by atoms with Crippen molar-refractivity contribution >= 4 is 50.0 Å². The molecule has 0 aliphatic carbocycles. The number of hydrogen-bond donors (Lipinski definition) is 0. The largest absolute Gasteiger partial charge is 0.501 e. The SMILES string of the molecule is O=C1CN(Cc2ccnc3c(Cl)cccc23)C(=O)N1c1ccc(S(=O)(=O)C(F)(F)F)cc1. The van der Waals surface area contributed by atoms with Crippen molar-refractivity contribution in [1.29, 1.82) is 0 Å². The highest BCUT2D eigenvalue weighted by Gasteiger charge is 2.47. The molecule has 4 rings (SSSR count). The second-order valence-electron chi connectivity index (χ2n) is 6.92. The number of rotatable bonds is 4. The predicted octanol–water partition coefficient (Wildman–Crippen LogP) is 4.15. The highest BCUT2D eigenvalue weighted by molar-refractivity contribution is 7.92. The Labute approximate surface area is 184 Å². The molecule has 1 aliphatic rings. The molecule has 3 aromatic rings. The first-order valence-corrected chi connectivity index (χ1v) is 10.9. The number of aromatic nitrogens is 1. The first-order chi connectivity index (χ1) is 15.0. The second-order valence-corrected chi connectivity index (χ2v) is 9.27. The summed E-state index contributed by atoms with van der Waals surface area (Å²) in [5.41, 5.74) is -4.25. The molecule has 32 heavy (non-hydrogen) atoms. The molecular weight excluding hydrogens is 471 g/mol. The minimum absolute atomic E-state index is 0.0359. The Morgan fingerprint density at radius 3 is 2.38 bits per heavy atom. The van der Waals surface area contributed by atoms with Gasteiger partial charge in [-0.05, 0) is 42.0 Å². The van der Waals surface area contributed by atoms with Crippen molar-refractivity contribution in [3.8, 4) is 0 Å². The Hall–Kier alpha value is -3.18. The highest BCUT2D eigenvalue weighted by atomic mass is 35.5. The number of halogens is 4. The van der Waals surface area contributed by atoms with Gasteiger partial charge in [-0.3, -0.25) is 9.78 Å². The van der Waals surface area contributed by atoms with Crippen LogP contribution in [0.3, 0.4) is 0 Å². The molecule has 1 aliphatic heterocycles. The summed E-state index contributed by atoms with van der Waals surface area (Å²) < 4.78 is 61.2. The van der Waals surface area contributed by atoms with Crippen molar-refractivity contribution in [2.24, 2.45) is 0 Å². The predicted molar refractivity (Wildman–Crippen MR) is 110 cm³/mol. The normalized spacial score (nSPS) is 15.1. The molecule has 0 atom stereocenters. The van der Waals surface area contributed by atoms with E-state index < -0.39 is 32.2 Å². The summed E-state index contributed by atoms with van der Waals surface area (Å²) in [5.74, 6) is -0.599. The van der Waals surface area contributed by atoms with Crippen LogP contribution < -0.4 is 4.90 Å². The van der Waals surface area contributed by atoms with Gasteiger partial charge in [-0.15, -0.1) is 0 Å². The minimum atomic E-state index is -5.54. The van der Waals surface area contributed by atoms with Crippen LogP contribution in [0.25, 0.3) is 10.9 Å².